The Morgan fingerprint density at radius 2 is 1.79 bits per heavy atom. The van der Waals surface area contributed by atoms with E-state index in [9.17, 15) is 0 Å². The van der Waals surface area contributed by atoms with Crippen LogP contribution < -0.4 is 10.6 Å². The van der Waals surface area contributed by atoms with Gasteiger partial charge in [-0.15, -0.1) is 0 Å². The summed E-state index contributed by atoms with van der Waals surface area (Å²) >= 11 is 0. The molecule has 1 heterocycles. The SMILES string of the molecule is CCCNc1cccc(Nc2cccc(CC)c2)n1. The molecule has 0 saturated carbocycles. The fourth-order valence-electron chi connectivity index (χ4n) is 1.87. The molecular weight excluding hydrogens is 234 g/mol. The van der Waals surface area contributed by atoms with Crippen molar-refractivity contribution in [3.63, 3.8) is 0 Å². The third-order valence-electron chi connectivity index (χ3n) is 2.91. The lowest BCUT2D eigenvalue weighted by atomic mass is 10.1. The zero-order valence-electron chi connectivity index (χ0n) is 11.6. The predicted octanol–water partition coefficient (Wildman–Crippen LogP) is 4.21. The number of hydrogen-bond donors (Lipinski definition) is 2. The Morgan fingerprint density at radius 1 is 1.00 bits per heavy atom. The van der Waals surface area contributed by atoms with Crippen molar-refractivity contribution >= 4 is 17.3 Å². The molecule has 1 aromatic heterocycles. The zero-order valence-corrected chi connectivity index (χ0v) is 11.6. The highest BCUT2D eigenvalue weighted by Gasteiger charge is 1.99. The summed E-state index contributed by atoms with van der Waals surface area (Å²) in [6, 6.07) is 14.4. The second-order valence-corrected chi connectivity index (χ2v) is 4.51. The van der Waals surface area contributed by atoms with Gasteiger partial charge in [0.15, 0.2) is 0 Å². The summed E-state index contributed by atoms with van der Waals surface area (Å²) in [5, 5.41) is 6.64. The van der Waals surface area contributed by atoms with E-state index >= 15 is 0 Å². The van der Waals surface area contributed by atoms with Crippen LogP contribution in [0.3, 0.4) is 0 Å². The molecule has 100 valence electrons. The Morgan fingerprint density at radius 3 is 2.58 bits per heavy atom. The van der Waals surface area contributed by atoms with Gasteiger partial charge in [0.2, 0.25) is 0 Å². The van der Waals surface area contributed by atoms with Crippen molar-refractivity contribution in [2.45, 2.75) is 26.7 Å². The highest BCUT2D eigenvalue weighted by Crippen LogP contribution is 2.17. The van der Waals surface area contributed by atoms with Crippen LogP contribution in [0.4, 0.5) is 17.3 Å². The van der Waals surface area contributed by atoms with Crippen molar-refractivity contribution in [2.75, 3.05) is 17.2 Å². The van der Waals surface area contributed by atoms with Crippen LogP contribution in [0.1, 0.15) is 25.8 Å². The van der Waals surface area contributed by atoms with E-state index in [0.717, 1.165) is 36.7 Å². The van der Waals surface area contributed by atoms with Gasteiger partial charge in [-0.2, -0.15) is 0 Å². The Labute approximate surface area is 115 Å². The summed E-state index contributed by atoms with van der Waals surface area (Å²) in [6.07, 6.45) is 2.14. The van der Waals surface area contributed by atoms with Crippen molar-refractivity contribution in [1.82, 2.24) is 4.98 Å². The second kappa shape index (κ2) is 6.78. The smallest absolute Gasteiger partial charge is 0.132 e. The Kier molecular flexibility index (Phi) is 4.78. The van der Waals surface area contributed by atoms with Crippen LogP contribution in [0, 0.1) is 0 Å². The maximum Gasteiger partial charge on any atom is 0.132 e. The van der Waals surface area contributed by atoms with Crippen LogP contribution in [0.2, 0.25) is 0 Å². The summed E-state index contributed by atoms with van der Waals surface area (Å²) in [4.78, 5) is 4.54. The number of anilines is 3. The molecule has 0 unspecified atom stereocenters. The van der Waals surface area contributed by atoms with Gasteiger partial charge in [-0.3, -0.25) is 0 Å². The van der Waals surface area contributed by atoms with Gasteiger partial charge in [-0.05, 0) is 42.7 Å². The Bertz CT molecular complexity index is 523. The van der Waals surface area contributed by atoms with E-state index in [1.165, 1.54) is 5.56 Å². The average molecular weight is 255 g/mol. The lowest BCUT2D eigenvalue weighted by Gasteiger charge is -2.09. The maximum atomic E-state index is 4.54. The first-order valence-corrected chi connectivity index (χ1v) is 6.88. The molecule has 0 amide bonds. The molecular formula is C16H21N3. The molecule has 3 nitrogen and oxygen atoms in total. The van der Waals surface area contributed by atoms with Gasteiger partial charge in [0.25, 0.3) is 0 Å². The quantitative estimate of drug-likeness (QED) is 0.812. The van der Waals surface area contributed by atoms with Crippen molar-refractivity contribution in [1.29, 1.82) is 0 Å². The van der Waals surface area contributed by atoms with Gasteiger partial charge < -0.3 is 10.6 Å². The molecule has 0 radical (unpaired) electrons. The fourth-order valence-corrected chi connectivity index (χ4v) is 1.87. The molecule has 0 aliphatic carbocycles. The fraction of sp³-hybridized carbons (Fsp3) is 0.312. The molecule has 0 aliphatic heterocycles. The van der Waals surface area contributed by atoms with E-state index in [1.807, 2.05) is 18.2 Å². The topological polar surface area (TPSA) is 37.0 Å². The number of nitrogens with zero attached hydrogens (tertiary/aromatic N) is 1. The summed E-state index contributed by atoms with van der Waals surface area (Å²) in [7, 11) is 0. The molecule has 2 N–H and O–H groups in total. The van der Waals surface area contributed by atoms with Gasteiger partial charge in [0.1, 0.15) is 11.6 Å². The molecule has 19 heavy (non-hydrogen) atoms. The molecule has 2 rings (SSSR count). The molecule has 0 spiro atoms. The number of benzene rings is 1. The number of rotatable bonds is 6. The third kappa shape index (κ3) is 3.98. The monoisotopic (exact) mass is 255 g/mol. The summed E-state index contributed by atoms with van der Waals surface area (Å²) in [6.45, 7) is 5.25. The lowest BCUT2D eigenvalue weighted by Crippen LogP contribution is -2.03. The molecule has 3 heteroatoms. The van der Waals surface area contributed by atoms with Crippen LogP contribution in [0.25, 0.3) is 0 Å². The molecule has 0 atom stereocenters. The highest BCUT2D eigenvalue weighted by molar-refractivity contribution is 5.58. The van der Waals surface area contributed by atoms with Crippen molar-refractivity contribution in [3.05, 3.63) is 48.0 Å². The second-order valence-electron chi connectivity index (χ2n) is 4.51. The molecule has 1 aromatic carbocycles. The average Bonchev–Trinajstić information content (AvgIpc) is 2.46. The molecule has 0 bridgehead atoms. The van der Waals surface area contributed by atoms with Gasteiger partial charge >= 0.3 is 0 Å². The molecule has 0 saturated heterocycles. The number of hydrogen-bond acceptors (Lipinski definition) is 3. The first-order chi connectivity index (χ1) is 9.31. The molecule has 0 aliphatic rings. The largest absolute Gasteiger partial charge is 0.370 e. The van der Waals surface area contributed by atoms with Crippen LogP contribution >= 0.6 is 0 Å². The van der Waals surface area contributed by atoms with Crippen LogP contribution in [-0.4, -0.2) is 11.5 Å². The van der Waals surface area contributed by atoms with E-state index in [2.05, 4.69) is 53.7 Å². The maximum absolute atomic E-state index is 4.54. The van der Waals surface area contributed by atoms with Gasteiger partial charge in [-0.25, -0.2) is 4.98 Å². The Balaban J connectivity index is 2.09. The third-order valence-corrected chi connectivity index (χ3v) is 2.91. The zero-order chi connectivity index (χ0) is 13.5. The summed E-state index contributed by atoms with van der Waals surface area (Å²) < 4.78 is 0. The van der Waals surface area contributed by atoms with Gasteiger partial charge in [-0.1, -0.05) is 32.0 Å². The minimum absolute atomic E-state index is 0.870. The van der Waals surface area contributed by atoms with Crippen LogP contribution in [-0.2, 0) is 6.42 Å². The van der Waals surface area contributed by atoms with E-state index < -0.39 is 0 Å². The number of aryl methyl sites for hydroxylation is 1. The first-order valence-electron chi connectivity index (χ1n) is 6.88. The van der Waals surface area contributed by atoms with Crippen molar-refractivity contribution in [2.24, 2.45) is 0 Å². The molecule has 0 fully saturated rings. The number of pyridine rings is 1. The Hall–Kier alpha value is -2.03. The summed E-state index contributed by atoms with van der Waals surface area (Å²) in [5.74, 6) is 1.79. The number of aromatic nitrogens is 1. The normalized spacial score (nSPS) is 10.2. The number of nitrogens with one attached hydrogen (secondary N) is 2. The van der Waals surface area contributed by atoms with Crippen molar-refractivity contribution in [3.8, 4) is 0 Å². The highest BCUT2D eigenvalue weighted by atomic mass is 15.1. The van der Waals surface area contributed by atoms with Crippen LogP contribution in [0.5, 0.6) is 0 Å². The van der Waals surface area contributed by atoms with Crippen LogP contribution in [0.15, 0.2) is 42.5 Å². The van der Waals surface area contributed by atoms with E-state index in [4.69, 9.17) is 0 Å². The standard InChI is InChI=1S/C16H21N3/c1-3-11-17-15-9-6-10-16(19-15)18-14-8-5-7-13(4-2)12-14/h5-10,12H,3-4,11H2,1-2H3,(H2,17,18,19). The van der Waals surface area contributed by atoms with E-state index in [-0.39, 0.29) is 0 Å². The lowest BCUT2D eigenvalue weighted by molar-refractivity contribution is 0.970. The minimum atomic E-state index is 0.870. The van der Waals surface area contributed by atoms with E-state index in [1.54, 1.807) is 0 Å². The predicted molar refractivity (Wildman–Crippen MR) is 82.1 cm³/mol. The minimum Gasteiger partial charge on any atom is -0.370 e. The molecule has 2 aromatic rings. The van der Waals surface area contributed by atoms with E-state index in [0.29, 0.717) is 0 Å². The van der Waals surface area contributed by atoms with Gasteiger partial charge in [0, 0.05) is 12.2 Å². The first kappa shape index (κ1) is 13.4. The van der Waals surface area contributed by atoms with Crippen molar-refractivity contribution < 1.29 is 0 Å². The van der Waals surface area contributed by atoms with Gasteiger partial charge in [0.05, 0.1) is 0 Å². The summed E-state index contributed by atoms with van der Waals surface area (Å²) in [5.41, 5.74) is 2.41.